The average Bonchev–Trinajstić information content (AvgIpc) is 2.66. The molecule has 1 amide bonds. The Morgan fingerprint density at radius 1 is 1.47 bits per heavy atom. The van der Waals surface area contributed by atoms with Gasteiger partial charge in [-0.2, -0.15) is 5.10 Å². The number of hydrogen-bond donors (Lipinski definition) is 2. The molecule has 1 aromatic rings. The van der Waals surface area contributed by atoms with Crippen molar-refractivity contribution in [2.24, 2.45) is 5.92 Å². The largest absolute Gasteiger partial charge is 0.480 e. The molecule has 0 atom stereocenters. The van der Waals surface area contributed by atoms with E-state index in [9.17, 15) is 9.59 Å². The summed E-state index contributed by atoms with van der Waals surface area (Å²) in [5, 5.41) is 15.2. The molecular weight excluding hydrogens is 222 g/mol. The Labute approximate surface area is 99.6 Å². The van der Waals surface area contributed by atoms with E-state index in [-0.39, 0.29) is 18.4 Å². The highest BCUT2D eigenvalue weighted by Gasteiger charge is 2.15. The van der Waals surface area contributed by atoms with Gasteiger partial charge in [-0.1, -0.05) is 13.8 Å². The van der Waals surface area contributed by atoms with E-state index >= 15 is 0 Å². The van der Waals surface area contributed by atoms with Crippen molar-refractivity contribution in [3.05, 3.63) is 12.3 Å². The van der Waals surface area contributed by atoms with Gasteiger partial charge in [0, 0.05) is 18.2 Å². The van der Waals surface area contributed by atoms with Crippen molar-refractivity contribution >= 4 is 17.7 Å². The van der Waals surface area contributed by atoms with Crippen LogP contribution in [0.15, 0.2) is 12.3 Å². The number of anilines is 1. The lowest BCUT2D eigenvalue weighted by Gasteiger charge is -2.10. The van der Waals surface area contributed by atoms with Crippen molar-refractivity contribution in [1.29, 1.82) is 0 Å². The van der Waals surface area contributed by atoms with Crippen LogP contribution in [0.25, 0.3) is 0 Å². The summed E-state index contributed by atoms with van der Waals surface area (Å²) in [5.74, 6) is -0.677. The van der Waals surface area contributed by atoms with Gasteiger partial charge in [0.1, 0.15) is 6.54 Å². The molecule has 6 nitrogen and oxygen atoms in total. The number of carbonyl (C=O) groups excluding carboxylic acids is 1. The van der Waals surface area contributed by atoms with E-state index in [1.54, 1.807) is 6.07 Å². The maximum Gasteiger partial charge on any atom is 0.325 e. The SMILES string of the molecule is CCC(CC)C(=O)Nc1ccn(CC(=O)O)n1. The zero-order valence-electron chi connectivity index (χ0n) is 10.0. The van der Waals surface area contributed by atoms with Gasteiger partial charge in [-0.15, -0.1) is 0 Å². The fraction of sp³-hybridized carbons (Fsp3) is 0.545. The number of carboxylic acids is 1. The van der Waals surface area contributed by atoms with Crippen molar-refractivity contribution in [1.82, 2.24) is 9.78 Å². The Balaban J connectivity index is 2.59. The topological polar surface area (TPSA) is 84.2 Å². The monoisotopic (exact) mass is 239 g/mol. The maximum absolute atomic E-state index is 11.7. The van der Waals surface area contributed by atoms with Crippen molar-refractivity contribution in [3.8, 4) is 0 Å². The predicted molar refractivity (Wildman–Crippen MR) is 62.6 cm³/mol. The van der Waals surface area contributed by atoms with Crippen molar-refractivity contribution in [2.45, 2.75) is 33.2 Å². The first-order chi connectivity index (χ1) is 8.06. The number of amides is 1. The van der Waals surface area contributed by atoms with E-state index in [2.05, 4.69) is 10.4 Å². The number of carbonyl (C=O) groups is 2. The lowest BCUT2D eigenvalue weighted by molar-refractivity contribution is -0.137. The van der Waals surface area contributed by atoms with Crippen molar-refractivity contribution in [3.63, 3.8) is 0 Å². The highest BCUT2D eigenvalue weighted by atomic mass is 16.4. The van der Waals surface area contributed by atoms with Crippen molar-refractivity contribution in [2.75, 3.05) is 5.32 Å². The molecule has 0 bridgehead atoms. The molecule has 1 aromatic heterocycles. The number of hydrogen-bond acceptors (Lipinski definition) is 3. The molecule has 0 unspecified atom stereocenters. The van der Waals surface area contributed by atoms with Crippen LogP contribution < -0.4 is 5.32 Å². The summed E-state index contributed by atoms with van der Waals surface area (Å²) in [6.07, 6.45) is 3.08. The normalized spacial score (nSPS) is 10.5. The number of aromatic nitrogens is 2. The minimum absolute atomic E-state index is 0.0281. The van der Waals surface area contributed by atoms with Gasteiger partial charge < -0.3 is 10.4 Å². The lowest BCUT2D eigenvalue weighted by atomic mass is 10.0. The van der Waals surface area contributed by atoms with Crippen LogP contribution in [-0.4, -0.2) is 26.8 Å². The molecule has 0 fully saturated rings. The molecule has 1 rings (SSSR count). The second-order valence-corrected chi connectivity index (χ2v) is 3.79. The third-order valence-corrected chi connectivity index (χ3v) is 2.55. The first-order valence-corrected chi connectivity index (χ1v) is 5.62. The predicted octanol–water partition coefficient (Wildman–Crippen LogP) is 1.34. The molecule has 0 aliphatic rings. The smallest absolute Gasteiger partial charge is 0.325 e. The molecule has 17 heavy (non-hydrogen) atoms. The number of aliphatic carboxylic acids is 1. The van der Waals surface area contributed by atoms with E-state index in [1.807, 2.05) is 13.8 Å². The molecule has 0 saturated heterocycles. The summed E-state index contributed by atoms with van der Waals surface area (Å²) in [5.41, 5.74) is 0. The van der Waals surface area contributed by atoms with Crippen LogP contribution in [-0.2, 0) is 16.1 Å². The van der Waals surface area contributed by atoms with E-state index < -0.39 is 5.97 Å². The minimum atomic E-state index is -0.967. The highest BCUT2D eigenvalue weighted by Crippen LogP contribution is 2.11. The van der Waals surface area contributed by atoms with Gasteiger partial charge in [0.25, 0.3) is 0 Å². The molecule has 94 valence electrons. The zero-order chi connectivity index (χ0) is 12.8. The molecule has 0 spiro atoms. The van der Waals surface area contributed by atoms with Gasteiger partial charge in [-0.3, -0.25) is 14.3 Å². The van der Waals surface area contributed by atoms with Gasteiger partial charge >= 0.3 is 5.97 Å². The van der Waals surface area contributed by atoms with E-state index in [0.29, 0.717) is 5.82 Å². The molecule has 1 heterocycles. The number of rotatable bonds is 6. The van der Waals surface area contributed by atoms with E-state index in [4.69, 9.17) is 5.11 Å². The van der Waals surface area contributed by atoms with Crippen LogP contribution in [0.1, 0.15) is 26.7 Å². The molecule has 2 N–H and O–H groups in total. The summed E-state index contributed by atoms with van der Waals surface area (Å²) >= 11 is 0. The molecule has 0 radical (unpaired) electrons. The van der Waals surface area contributed by atoms with E-state index in [0.717, 1.165) is 12.8 Å². The first kappa shape index (κ1) is 13.2. The van der Waals surface area contributed by atoms with Gasteiger partial charge in [-0.05, 0) is 12.8 Å². The second kappa shape index (κ2) is 6.03. The number of nitrogens with zero attached hydrogens (tertiary/aromatic N) is 2. The third-order valence-electron chi connectivity index (χ3n) is 2.55. The summed E-state index contributed by atoms with van der Waals surface area (Å²) in [6, 6.07) is 1.59. The lowest BCUT2D eigenvalue weighted by Crippen LogP contribution is -2.22. The molecule has 0 aliphatic carbocycles. The van der Waals surface area contributed by atoms with Crippen LogP contribution >= 0.6 is 0 Å². The highest BCUT2D eigenvalue weighted by molar-refractivity contribution is 5.91. The summed E-state index contributed by atoms with van der Waals surface area (Å²) in [4.78, 5) is 22.2. The van der Waals surface area contributed by atoms with Crippen LogP contribution in [0.4, 0.5) is 5.82 Å². The maximum atomic E-state index is 11.7. The van der Waals surface area contributed by atoms with Crippen LogP contribution in [0.3, 0.4) is 0 Å². The third kappa shape index (κ3) is 3.90. The second-order valence-electron chi connectivity index (χ2n) is 3.79. The van der Waals surface area contributed by atoms with Crippen molar-refractivity contribution < 1.29 is 14.7 Å². The first-order valence-electron chi connectivity index (χ1n) is 5.62. The molecular formula is C11H17N3O3. The average molecular weight is 239 g/mol. The summed E-state index contributed by atoms with van der Waals surface area (Å²) < 4.78 is 1.27. The molecule has 0 aliphatic heterocycles. The summed E-state index contributed by atoms with van der Waals surface area (Å²) in [6.45, 7) is 3.70. The minimum Gasteiger partial charge on any atom is -0.480 e. The summed E-state index contributed by atoms with van der Waals surface area (Å²) in [7, 11) is 0. The Morgan fingerprint density at radius 2 is 2.12 bits per heavy atom. The van der Waals surface area contributed by atoms with Crippen LogP contribution in [0.2, 0.25) is 0 Å². The molecule has 0 saturated carbocycles. The zero-order valence-corrected chi connectivity index (χ0v) is 10.0. The Bertz CT molecular complexity index is 396. The Kier molecular flexibility index (Phi) is 4.68. The fourth-order valence-electron chi connectivity index (χ4n) is 1.54. The molecule has 0 aromatic carbocycles. The van der Waals surface area contributed by atoms with Gasteiger partial charge in [-0.25, -0.2) is 0 Å². The fourth-order valence-corrected chi connectivity index (χ4v) is 1.54. The van der Waals surface area contributed by atoms with Gasteiger partial charge in [0.15, 0.2) is 5.82 Å². The quantitative estimate of drug-likeness (QED) is 0.784. The van der Waals surface area contributed by atoms with Crippen LogP contribution in [0, 0.1) is 5.92 Å². The Hall–Kier alpha value is -1.85. The number of nitrogens with one attached hydrogen (secondary N) is 1. The van der Waals surface area contributed by atoms with Gasteiger partial charge in [0.2, 0.25) is 5.91 Å². The van der Waals surface area contributed by atoms with E-state index in [1.165, 1.54) is 10.9 Å². The number of carboxylic acid groups (broad SMARTS) is 1. The standard InChI is InChI=1S/C11H17N3O3/c1-3-8(4-2)11(17)12-9-5-6-14(13-9)7-10(15)16/h5-6,8H,3-4,7H2,1-2H3,(H,15,16)(H,12,13,17). The Morgan fingerprint density at radius 3 is 2.65 bits per heavy atom. The molecule has 6 heteroatoms. The van der Waals surface area contributed by atoms with Gasteiger partial charge in [0.05, 0.1) is 0 Å². The van der Waals surface area contributed by atoms with Crippen LogP contribution in [0.5, 0.6) is 0 Å².